The van der Waals surface area contributed by atoms with Gasteiger partial charge in [-0.2, -0.15) is 0 Å². The molecule has 13 heteroatoms. The van der Waals surface area contributed by atoms with Gasteiger partial charge >= 0.3 is 5.97 Å². The van der Waals surface area contributed by atoms with Gasteiger partial charge in [0.25, 0.3) is 0 Å². The molecule has 0 aromatic carbocycles. The number of guanidine groups is 1. The van der Waals surface area contributed by atoms with Crippen LogP contribution in [-0.4, -0.2) is 83.2 Å². The van der Waals surface area contributed by atoms with Crippen LogP contribution in [0.4, 0.5) is 0 Å². The van der Waals surface area contributed by atoms with Crippen LogP contribution in [-0.2, 0) is 38.1 Å². The van der Waals surface area contributed by atoms with Crippen molar-refractivity contribution >= 4 is 45.6 Å². The third kappa shape index (κ3) is 10.7. The number of ether oxygens (including phenoxy) is 4. The summed E-state index contributed by atoms with van der Waals surface area (Å²) >= 11 is 3.00. The molecule has 3 rings (SSSR count). The highest BCUT2D eigenvalue weighted by atomic mass is 79.9. The van der Waals surface area contributed by atoms with E-state index in [4.69, 9.17) is 24.4 Å². The van der Waals surface area contributed by atoms with Crippen LogP contribution in [0.2, 0.25) is 0 Å². The lowest BCUT2D eigenvalue weighted by atomic mass is 9.83. The fourth-order valence-electron chi connectivity index (χ4n) is 5.84. The second kappa shape index (κ2) is 16.6. The van der Waals surface area contributed by atoms with E-state index >= 15 is 0 Å². The molecule has 0 bridgehead atoms. The summed E-state index contributed by atoms with van der Waals surface area (Å²) < 4.78 is 23.5. The standard InChI is InChI=1S/C33H47BrN4O8/c1-18(8-11-27-19(2)14-26(22(5)44-27)36-29(40)13-10-20(3)43-24(7)39)9-12-28-21(4)33(23(6)46-33)16-25(45-28)15-30(41)37-32(35)38-31(42)17-34/h8-10,12-13,19-20,22-23,25-28H,4,11,14-17H2,1-3,5-7H3,(H,36,40)(H3,35,37,38,41,42)/b12-9+,13-10-,18-8+/t19-,20-,22+,23+,25+,26+,27-,28+,33-/m0/s1. The minimum Gasteiger partial charge on any atom is -0.459 e. The number of rotatable bonds is 11. The third-order valence-electron chi connectivity index (χ3n) is 8.43. The number of nitrogens with one attached hydrogen (secondary N) is 4. The first kappa shape index (κ1) is 37.3. The van der Waals surface area contributed by atoms with Gasteiger partial charge in [0.15, 0.2) is 0 Å². The maximum absolute atomic E-state index is 12.6. The molecule has 4 N–H and O–H groups in total. The highest BCUT2D eigenvalue weighted by molar-refractivity contribution is 9.09. The lowest BCUT2D eigenvalue weighted by Crippen LogP contribution is -2.50. The first-order valence-corrected chi connectivity index (χ1v) is 16.7. The number of esters is 1. The Labute approximate surface area is 279 Å². The van der Waals surface area contributed by atoms with Crippen molar-refractivity contribution in [1.82, 2.24) is 16.0 Å². The van der Waals surface area contributed by atoms with Crippen LogP contribution in [0, 0.1) is 11.3 Å². The van der Waals surface area contributed by atoms with E-state index in [1.165, 1.54) is 13.0 Å². The van der Waals surface area contributed by atoms with Crippen molar-refractivity contribution in [1.29, 1.82) is 5.41 Å². The number of allylic oxidation sites excluding steroid dienone is 2. The molecule has 0 saturated carbocycles. The van der Waals surface area contributed by atoms with Gasteiger partial charge in [-0.3, -0.25) is 35.2 Å². The predicted octanol–water partition coefficient (Wildman–Crippen LogP) is 3.51. The van der Waals surface area contributed by atoms with Crippen molar-refractivity contribution in [2.45, 2.75) is 115 Å². The van der Waals surface area contributed by atoms with Crippen LogP contribution in [0.3, 0.4) is 0 Å². The van der Waals surface area contributed by atoms with Gasteiger partial charge in [-0.05, 0) is 58.1 Å². The number of carbonyl (C=O) groups excluding carboxylic acids is 4. The third-order valence-corrected chi connectivity index (χ3v) is 8.94. The molecule has 3 amide bonds. The van der Waals surface area contributed by atoms with E-state index in [9.17, 15) is 19.2 Å². The molecule has 1 spiro atoms. The number of alkyl halides is 1. The molecule has 3 aliphatic rings. The Morgan fingerprint density at radius 2 is 1.80 bits per heavy atom. The number of hydrogen-bond donors (Lipinski definition) is 4. The molecular weight excluding hydrogens is 660 g/mol. The molecule has 0 aliphatic carbocycles. The zero-order valence-electron chi connectivity index (χ0n) is 27.4. The van der Waals surface area contributed by atoms with Crippen molar-refractivity contribution in [3.05, 3.63) is 48.1 Å². The fraction of sp³-hybridized carbons (Fsp3) is 0.606. The molecule has 46 heavy (non-hydrogen) atoms. The Hall–Kier alpha value is -3.13. The molecule has 3 fully saturated rings. The Balaban J connectivity index is 1.53. The summed E-state index contributed by atoms with van der Waals surface area (Å²) in [7, 11) is 0. The van der Waals surface area contributed by atoms with Crippen LogP contribution >= 0.6 is 15.9 Å². The Bertz CT molecular complexity index is 1280. The van der Waals surface area contributed by atoms with Gasteiger partial charge in [-0.15, -0.1) is 0 Å². The lowest BCUT2D eigenvalue weighted by molar-refractivity contribution is -0.143. The molecule has 0 radical (unpaired) electrons. The summed E-state index contributed by atoms with van der Waals surface area (Å²) in [5, 5.41) is 15.4. The maximum atomic E-state index is 12.6. The van der Waals surface area contributed by atoms with E-state index in [0.717, 1.165) is 17.6 Å². The molecule has 3 aliphatic heterocycles. The number of carbonyl (C=O) groups is 4. The number of amides is 3. The summed E-state index contributed by atoms with van der Waals surface area (Å²) in [6.07, 6.45) is 9.20. The predicted molar refractivity (Wildman–Crippen MR) is 176 cm³/mol. The lowest BCUT2D eigenvalue weighted by Gasteiger charge is -2.39. The monoisotopic (exact) mass is 706 g/mol. The van der Waals surface area contributed by atoms with Gasteiger partial charge in [-0.1, -0.05) is 53.2 Å². The summed E-state index contributed by atoms with van der Waals surface area (Å²) in [4.78, 5) is 47.5. The van der Waals surface area contributed by atoms with E-state index in [1.54, 1.807) is 13.0 Å². The molecule has 12 nitrogen and oxygen atoms in total. The minimum atomic E-state index is -0.558. The Morgan fingerprint density at radius 3 is 2.43 bits per heavy atom. The zero-order chi connectivity index (χ0) is 34.2. The molecule has 254 valence electrons. The van der Waals surface area contributed by atoms with Crippen molar-refractivity contribution in [2.75, 3.05) is 5.33 Å². The summed E-state index contributed by atoms with van der Waals surface area (Å²) in [6, 6.07) is -0.139. The molecule has 0 aromatic rings. The van der Waals surface area contributed by atoms with E-state index in [-0.39, 0.29) is 53.9 Å². The molecule has 3 saturated heterocycles. The van der Waals surface area contributed by atoms with Gasteiger partial charge in [0.1, 0.15) is 11.7 Å². The van der Waals surface area contributed by atoms with Gasteiger partial charge in [0.05, 0.1) is 48.3 Å². The topological polar surface area (TPSA) is 168 Å². The first-order chi connectivity index (χ1) is 21.6. The molecule has 9 atom stereocenters. The minimum absolute atomic E-state index is 0.00291. The second-order valence-electron chi connectivity index (χ2n) is 12.3. The fourth-order valence-corrected chi connectivity index (χ4v) is 5.98. The Morgan fingerprint density at radius 1 is 1.13 bits per heavy atom. The highest BCUT2D eigenvalue weighted by Crippen LogP contribution is 2.51. The van der Waals surface area contributed by atoms with E-state index in [2.05, 4.69) is 51.5 Å². The zero-order valence-corrected chi connectivity index (χ0v) is 29.0. The Kier molecular flexibility index (Phi) is 13.5. The van der Waals surface area contributed by atoms with Gasteiger partial charge in [-0.25, -0.2) is 0 Å². The highest BCUT2D eigenvalue weighted by Gasteiger charge is 2.60. The molecule has 3 heterocycles. The van der Waals surface area contributed by atoms with Crippen LogP contribution in [0.1, 0.15) is 67.2 Å². The number of epoxide rings is 1. The summed E-state index contributed by atoms with van der Waals surface area (Å²) in [6.45, 7) is 15.3. The van der Waals surface area contributed by atoms with Crippen molar-refractivity contribution < 1.29 is 38.1 Å². The first-order valence-electron chi connectivity index (χ1n) is 15.6. The van der Waals surface area contributed by atoms with E-state index < -0.39 is 41.7 Å². The van der Waals surface area contributed by atoms with Gasteiger partial charge in [0, 0.05) is 19.4 Å². The normalized spacial score (nSPS) is 31.8. The van der Waals surface area contributed by atoms with Crippen molar-refractivity contribution in [3.63, 3.8) is 0 Å². The van der Waals surface area contributed by atoms with Crippen molar-refractivity contribution in [2.24, 2.45) is 5.92 Å². The van der Waals surface area contributed by atoms with Gasteiger partial charge in [0.2, 0.25) is 23.7 Å². The van der Waals surface area contributed by atoms with Crippen molar-refractivity contribution in [3.8, 4) is 0 Å². The van der Waals surface area contributed by atoms with Gasteiger partial charge < -0.3 is 24.3 Å². The second-order valence-corrected chi connectivity index (χ2v) is 12.9. The molecule has 0 aromatic heterocycles. The quantitative estimate of drug-likeness (QED) is 0.0370. The van der Waals surface area contributed by atoms with Crippen LogP contribution < -0.4 is 16.0 Å². The molecular formula is C33H47BrN4O8. The van der Waals surface area contributed by atoms with E-state index in [1.807, 2.05) is 32.9 Å². The smallest absolute Gasteiger partial charge is 0.303 e. The maximum Gasteiger partial charge on any atom is 0.303 e. The van der Waals surface area contributed by atoms with Crippen LogP contribution in [0.25, 0.3) is 0 Å². The van der Waals surface area contributed by atoms with E-state index in [0.29, 0.717) is 12.8 Å². The SMILES string of the molecule is C=C1[C@@H](/C=C/C(C)=C/C[C@@H]2O[C@H](C)[C@H](NC(=O)/C=C\[C@H](C)OC(C)=O)C[C@@H]2C)O[C@H](CC(=O)NC(=N)NC(=O)CBr)C[C@]12O[C@@H]2C. The molecule has 0 unspecified atom stereocenters. The number of hydrogen-bond acceptors (Lipinski definition) is 9. The summed E-state index contributed by atoms with van der Waals surface area (Å²) in [5.41, 5.74) is 1.26. The average Bonchev–Trinajstić information content (AvgIpc) is 3.61. The summed E-state index contributed by atoms with van der Waals surface area (Å²) in [5.74, 6) is -1.72. The largest absolute Gasteiger partial charge is 0.459 e. The number of halogens is 1. The van der Waals surface area contributed by atoms with Crippen LogP contribution in [0.5, 0.6) is 0 Å². The average molecular weight is 708 g/mol. The van der Waals surface area contributed by atoms with Crippen LogP contribution in [0.15, 0.2) is 48.1 Å².